The van der Waals surface area contributed by atoms with Gasteiger partial charge in [-0.3, -0.25) is 0 Å². The van der Waals surface area contributed by atoms with Crippen LogP contribution in [0, 0.1) is 0 Å². The molecule has 0 aromatic rings. The fraction of sp³-hybridized carbons (Fsp3) is 0. The predicted octanol–water partition coefficient (Wildman–Crippen LogP) is -0.388. The van der Waals surface area contributed by atoms with Crippen molar-refractivity contribution < 1.29 is 63.8 Å². The normalized spacial score (nSPS) is 0. The van der Waals surface area contributed by atoms with Crippen LogP contribution in [0.3, 0.4) is 0 Å². The first-order valence-corrected chi connectivity index (χ1v) is 0. The Bertz CT molecular complexity index is 8.00. The molecule has 4 heteroatoms. The molecule has 0 saturated heterocycles. The van der Waals surface area contributed by atoms with Crippen molar-refractivity contribution in [3.63, 3.8) is 0 Å². The second kappa shape index (κ2) is 16.9. The zero-order chi connectivity index (χ0) is 0. The summed E-state index contributed by atoms with van der Waals surface area (Å²) in [6, 6.07) is 0. The molecule has 0 atom stereocenters. The molecule has 0 aliphatic rings. The van der Waals surface area contributed by atoms with Gasteiger partial charge in [0.15, 0.2) is 0 Å². The second-order valence-corrected chi connectivity index (χ2v) is 0. The van der Waals surface area contributed by atoms with Gasteiger partial charge in [-0.25, -0.2) is 0 Å². The molecule has 0 amide bonds. The maximum Gasteiger partial charge on any atom is 0 e. The summed E-state index contributed by atoms with van der Waals surface area (Å²) in [5.74, 6) is 0. The average Bonchev–Trinajstić information content (AvgIpc) is 0. The van der Waals surface area contributed by atoms with Gasteiger partial charge in [0.05, 0.1) is 0 Å². The van der Waals surface area contributed by atoms with Crippen molar-refractivity contribution in [2.24, 2.45) is 0 Å². The minimum atomic E-state index is 0. The van der Waals surface area contributed by atoms with E-state index in [4.69, 9.17) is 0 Å². The third-order valence-corrected chi connectivity index (χ3v) is 0. The van der Waals surface area contributed by atoms with E-state index in [1.54, 1.807) is 0 Å². The Kier molecular flexibility index (Phi) is 121. The summed E-state index contributed by atoms with van der Waals surface area (Å²) >= 11 is 0. The van der Waals surface area contributed by atoms with E-state index in [1.165, 1.54) is 0 Å². The SMILES string of the molecule is [Mo].[Sn].[Ti].[W]. The molecule has 0 aromatic carbocycles. The van der Waals surface area contributed by atoms with Gasteiger partial charge in [-0.15, -0.1) is 0 Å². The molecular weight excluding hydrogens is 446 g/mol. The molecule has 0 saturated carbocycles. The number of rotatable bonds is 0. The topological polar surface area (TPSA) is 0 Å². The largest absolute Gasteiger partial charge is 0 e. The van der Waals surface area contributed by atoms with E-state index in [-0.39, 0.29) is 87.8 Å². The van der Waals surface area contributed by atoms with Crippen molar-refractivity contribution in [2.75, 3.05) is 0 Å². The van der Waals surface area contributed by atoms with Gasteiger partial charge in [0.2, 0.25) is 0 Å². The van der Waals surface area contributed by atoms with Crippen LogP contribution >= 0.6 is 0 Å². The van der Waals surface area contributed by atoms with Gasteiger partial charge in [-0.1, -0.05) is 0 Å². The van der Waals surface area contributed by atoms with Crippen LogP contribution in [0.2, 0.25) is 0 Å². The third-order valence-electron chi connectivity index (χ3n) is 0. The Hall–Kier alpha value is 2.89. The monoisotopic (exact) mass is 450 g/mol. The quantitative estimate of drug-likeness (QED) is 0.445. The van der Waals surface area contributed by atoms with Gasteiger partial charge in [0.25, 0.3) is 0 Å². The van der Waals surface area contributed by atoms with Gasteiger partial charge in [-0.05, 0) is 0 Å². The maximum absolute atomic E-state index is 0. The van der Waals surface area contributed by atoms with Crippen molar-refractivity contribution >= 4 is 23.9 Å². The molecule has 0 aromatic heterocycles. The van der Waals surface area contributed by atoms with E-state index in [9.17, 15) is 0 Å². The van der Waals surface area contributed by atoms with Crippen LogP contribution in [-0.4, -0.2) is 23.9 Å². The maximum atomic E-state index is 0. The molecule has 20 valence electrons. The summed E-state index contributed by atoms with van der Waals surface area (Å²) in [4.78, 5) is 0. The van der Waals surface area contributed by atoms with Gasteiger partial charge < -0.3 is 0 Å². The summed E-state index contributed by atoms with van der Waals surface area (Å²) < 4.78 is 0. The minimum Gasteiger partial charge on any atom is 0 e. The fourth-order valence-corrected chi connectivity index (χ4v) is 0. The van der Waals surface area contributed by atoms with Crippen molar-refractivity contribution in [1.29, 1.82) is 0 Å². The molecule has 0 N–H and O–H groups in total. The zero-order valence-corrected chi connectivity index (χ0v) is 11.2. The van der Waals surface area contributed by atoms with Gasteiger partial charge >= 0.3 is 0 Å². The molecule has 0 spiro atoms. The Balaban J connectivity index is 0. The Labute approximate surface area is 86.2 Å². The van der Waals surface area contributed by atoms with E-state index in [0.29, 0.717) is 0 Å². The van der Waals surface area contributed by atoms with E-state index in [0.717, 1.165) is 0 Å². The van der Waals surface area contributed by atoms with Crippen LogP contribution in [0.1, 0.15) is 0 Å². The van der Waals surface area contributed by atoms with Crippen molar-refractivity contribution in [3.05, 3.63) is 0 Å². The predicted molar refractivity (Wildman–Crippen MR) is 5.75 cm³/mol. The Morgan fingerprint density at radius 3 is 1.00 bits per heavy atom. The molecule has 0 nitrogen and oxygen atoms in total. The number of hydrogen-bond donors (Lipinski definition) is 0. The van der Waals surface area contributed by atoms with E-state index in [2.05, 4.69) is 0 Å². The first-order valence-electron chi connectivity index (χ1n) is 0. The molecule has 0 aliphatic carbocycles. The molecule has 0 heterocycles. The Morgan fingerprint density at radius 1 is 1.00 bits per heavy atom. The molecule has 0 fully saturated rings. The molecule has 0 rings (SSSR count). The van der Waals surface area contributed by atoms with Crippen LogP contribution in [0.4, 0.5) is 0 Å². The first kappa shape index (κ1) is 28.6. The third kappa shape index (κ3) is 8.86. The average molecular weight is 446 g/mol. The Morgan fingerprint density at radius 2 is 1.00 bits per heavy atom. The van der Waals surface area contributed by atoms with Crippen molar-refractivity contribution in [1.82, 2.24) is 0 Å². The smallest absolute Gasteiger partial charge is 0 e. The van der Waals surface area contributed by atoms with Crippen LogP contribution in [-0.2, 0) is 63.8 Å². The van der Waals surface area contributed by atoms with E-state index < -0.39 is 0 Å². The summed E-state index contributed by atoms with van der Waals surface area (Å²) in [6.45, 7) is 0. The van der Waals surface area contributed by atoms with Gasteiger partial charge in [0.1, 0.15) is 0 Å². The summed E-state index contributed by atoms with van der Waals surface area (Å²) in [5.41, 5.74) is 0. The molecule has 0 bridgehead atoms. The second-order valence-electron chi connectivity index (χ2n) is 0. The molecule has 4 radical (unpaired) electrons. The fourth-order valence-electron chi connectivity index (χ4n) is 0. The van der Waals surface area contributed by atoms with Crippen LogP contribution in [0.5, 0.6) is 0 Å². The summed E-state index contributed by atoms with van der Waals surface area (Å²) in [6.07, 6.45) is 0. The standard InChI is InChI=1S/Mo.Sn.Ti.W. The number of hydrogen-bond acceptors (Lipinski definition) is 0. The first-order chi connectivity index (χ1) is 0. The molecule has 0 aliphatic heterocycles. The van der Waals surface area contributed by atoms with E-state index >= 15 is 0 Å². The van der Waals surface area contributed by atoms with Crippen LogP contribution in [0.25, 0.3) is 0 Å². The van der Waals surface area contributed by atoms with Crippen LogP contribution < -0.4 is 0 Å². The van der Waals surface area contributed by atoms with Gasteiger partial charge in [-0.2, -0.15) is 0 Å². The zero-order valence-electron chi connectivity index (χ0n) is 1.82. The van der Waals surface area contributed by atoms with Crippen molar-refractivity contribution in [2.45, 2.75) is 0 Å². The molecule has 0 unspecified atom stereocenters. The molecular formula is MoSnTiW. The van der Waals surface area contributed by atoms with Crippen LogP contribution in [0.15, 0.2) is 0 Å². The van der Waals surface area contributed by atoms with Gasteiger partial charge in [0, 0.05) is 87.8 Å². The van der Waals surface area contributed by atoms with E-state index in [1.807, 2.05) is 0 Å². The van der Waals surface area contributed by atoms with Crippen molar-refractivity contribution in [3.8, 4) is 0 Å². The summed E-state index contributed by atoms with van der Waals surface area (Å²) in [5, 5.41) is 0. The minimum absolute atomic E-state index is 0. The summed E-state index contributed by atoms with van der Waals surface area (Å²) in [7, 11) is 0. The molecule has 4 heavy (non-hydrogen) atoms.